The van der Waals surface area contributed by atoms with Crippen molar-refractivity contribution in [3.8, 4) is 22.8 Å². The molecule has 1 aromatic carbocycles. The fraction of sp³-hybridized carbons (Fsp3) is 0.400. The Morgan fingerprint density at radius 3 is 2.05 bits per heavy atom. The van der Waals surface area contributed by atoms with Crippen molar-refractivity contribution in [3.63, 3.8) is 0 Å². The van der Waals surface area contributed by atoms with Crippen LogP contribution in [-0.2, 0) is 0 Å². The average Bonchev–Trinajstić information content (AvgIpc) is 2.85. The number of hydrogen-bond acceptors (Lipinski definition) is 5. The Balaban J connectivity index is 2.49. The number of H-pyrrole nitrogens is 1. The number of nitrogens with two attached hydrogens (primary N) is 1. The van der Waals surface area contributed by atoms with Gasteiger partial charge in [0.1, 0.15) is 17.2 Å². The Kier molecular flexibility index (Phi) is 4.65. The maximum atomic E-state index is 11.4. The Labute approximate surface area is 128 Å². The number of rotatable bonds is 6. The third kappa shape index (κ3) is 3.75. The molecule has 0 aliphatic heterocycles. The van der Waals surface area contributed by atoms with E-state index in [4.69, 9.17) is 15.2 Å². The standard InChI is InChI=1S/C15H20N4O3/c1-8(2)21-11-5-10(6-12(7-11)22-9(3)4)13-14(15(16)20)18-19-17-13/h5-9H,1-4H3,(H2,16,20)(H,17,18,19). The van der Waals surface area contributed by atoms with Crippen molar-refractivity contribution < 1.29 is 14.3 Å². The summed E-state index contributed by atoms with van der Waals surface area (Å²) >= 11 is 0. The van der Waals surface area contributed by atoms with E-state index in [1.807, 2.05) is 27.7 Å². The number of nitrogens with zero attached hydrogens (tertiary/aromatic N) is 2. The molecule has 1 aromatic heterocycles. The summed E-state index contributed by atoms with van der Waals surface area (Å²) in [6, 6.07) is 5.35. The van der Waals surface area contributed by atoms with Gasteiger partial charge in [-0.2, -0.15) is 15.4 Å². The highest BCUT2D eigenvalue weighted by molar-refractivity contribution is 5.96. The van der Waals surface area contributed by atoms with Gasteiger partial charge in [-0.15, -0.1) is 0 Å². The topological polar surface area (TPSA) is 103 Å². The molecule has 0 aliphatic carbocycles. The number of aromatic amines is 1. The number of benzene rings is 1. The lowest BCUT2D eigenvalue weighted by Gasteiger charge is -2.15. The van der Waals surface area contributed by atoms with Crippen LogP contribution in [0.5, 0.6) is 11.5 Å². The molecule has 0 spiro atoms. The molecular weight excluding hydrogens is 284 g/mol. The van der Waals surface area contributed by atoms with E-state index in [9.17, 15) is 4.79 Å². The van der Waals surface area contributed by atoms with Crippen LogP contribution in [0.4, 0.5) is 0 Å². The van der Waals surface area contributed by atoms with Gasteiger partial charge in [-0.1, -0.05) is 0 Å². The molecule has 0 atom stereocenters. The van der Waals surface area contributed by atoms with Crippen molar-refractivity contribution >= 4 is 5.91 Å². The van der Waals surface area contributed by atoms with Crippen LogP contribution in [0.3, 0.4) is 0 Å². The molecule has 0 saturated carbocycles. The van der Waals surface area contributed by atoms with Crippen molar-refractivity contribution in [1.82, 2.24) is 15.4 Å². The van der Waals surface area contributed by atoms with Gasteiger partial charge in [-0.05, 0) is 39.8 Å². The summed E-state index contributed by atoms with van der Waals surface area (Å²) in [6.07, 6.45) is 0.0186. The molecule has 0 fully saturated rings. The first-order valence-electron chi connectivity index (χ1n) is 7.06. The summed E-state index contributed by atoms with van der Waals surface area (Å²) in [6.45, 7) is 7.72. The van der Waals surface area contributed by atoms with Crippen molar-refractivity contribution in [3.05, 3.63) is 23.9 Å². The number of ether oxygens (including phenoxy) is 2. The molecule has 2 aromatic rings. The molecule has 22 heavy (non-hydrogen) atoms. The second-order valence-electron chi connectivity index (χ2n) is 5.41. The summed E-state index contributed by atoms with van der Waals surface area (Å²) in [5, 5.41) is 10.2. The van der Waals surface area contributed by atoms with Crippen molar-refractivity contribution in [1.29, 1.82) is 0 Å². The molecule has 1 amide bonds. The van der Waals surface area contributed by atoms with Gasteiger partial charge < -0.3 is 15.2 Å². The minimum Gasteiger partial charge on any atom is -0.491 e. The molecule has 7 nitrogen and oxygen atoms in total. The minimum atomic E-state index is -0.648. The maximum absolute atomic E-state index is 11.4. The molecule has 0 saturated heterocycles. The van der Waals surface area contributed by atoms with Crippen molar-refractivity contribution in [2.24, 2.45) is 5.73 Å². The van der Waals surface area contributed by atoms with Gasteiger partial charge in [0.2, 0.25) is 0 Å². The third-order valence-electron chi connectivity index (χ3n) is 2.68. The molecule has 7 heteroatoms. The summed E-state index contributed by atoms with van der Waals surface area (Å²) < 4.78 is 11.4. The van der Waals surface area contributed by atoms with Crippen LogP contribution < -0.4 is 15.2 Å². The van der Waals surface area contributed by atoms with Crippen molar-refractivity contribution in [2.75, 3.05) is 0 Å². The largest absolute Gasteiger partial charge is 0.491 e. The van der Waals surface area contributed by atoms with E-state index in [1.165, 1.54) is 0 Å². The number of aromatic nitrogens is 3. The molecule has 2 rings (SSSR count). The van der Waals surface area contributed by atoms with Crippen LogP contribution in [0.1, 0.15) is 38.2 Å². The van der Waals surface area contributed by atoms with Gasteiger partial charge in [0.15, 0.2) is 5.69 Å². The average molecular weight is 304 g/mol. The smallest absolute Gasteiger partial charge is 0.271 e. The van der Waals surface area contributed by atoms with E-state index >= 15 is 0 Å². The van der Waals surface area contributed by atoms with Gasteiger partial charge in [-0.3, -0.25) is 4.79 Å². The maximum Gasteiger partial charge on any atom is 0.271 e. The molecule has 0 radical (unpaired) electrons. The zero-order valence-electron chi connectivity index (χ0n) is 13.1. The van der Waals surface area contributed by atoms with E-state index in [0.29, 0.717) is 22.8 Å². The number of primary amides is 1. The predicted molar refractivity (Wildman–Crippen MR) is 81.9 cm³/mol. The number of nitrogens with one attached hydrogen (secondary N) is 1. The first kappa shape index (κ1) is 15.8. The molecule has 0 bridgehead atoms. The van der Waals surface area contributed by atoms with Crippen LogP contribution >= 0.6 is 0 Å². The molecule has 1 heterocycles. The molecular formula is C15H20N4O3. The van der Waals surface area contributed by atoms with Crippen LogP contribution in [0.25, 0.3) is 11.3 Å². The van der Waals surface area contributed by atoms with E-state index < -0.39 is 5.91 Å². The minimum absolute atomic E-state index is 0.00932. The van der Waals surface area contributed by atoms with Crippen molar-refractivity contribution in [2.45, 2.75) is 39.9 Å². The third-order valence-corrected chi connectivity index (χ3v) is 2.68. The molecule has 0 unspecified atom stereocenters. The molecule has 3 N–H and O–H groups in total. The van der Waals surface area contributed by atoms with Gasteiger partial charge in [-0.25, -0.2) is 0 Å². The fourth-order valence-corrected chi connectivity index (χ4v) is 1.99. The summed E-state index contributed by atoms with van der Waals surface area (Å²) in [5.41, 5.74) is 6.41. The zero-order chi connectivity index (χ0) is 16.3. The Morgan fingerprint density at radius 2 is 1.59 bits per heavy atom. The van der Waals surface area contributed by atoms with E-state index in [1.54, 1.807) is 18.2 Å². The first-order chi connectivity index (χ1) is 10.4. The van der Waals surface area contributed by atoms with E-state index in [-0.39, 0.29) is 17.9 Å². The van der Waals surface area contributed by atoms with Gasteiger partial charge >= 0.3 is 0 Å². The first-order valence-corrected chi connectivity index (χ1v) is 7.06. The highest BCUT2D eigenvalue weighted by Crippen LogP contribution is 2.31. The number of amides is 1. The number of carbonyl (C=O) groups is 1. The summed E-state index contributed by atoms with van der Waals surface area (Å²) in [7, 11) is 0. The van der Waals surface area contributed by atoms with Crippen LogP contribution in [0.2, 0.25) is 0 Å². The van der Waals surface area contributed by atoms with Gasteiger partial charge in [0, 0.05) is 11.6 Å². The number of carbonyl (C=O) groups excluding carboxylic acids is 1. The Bertz CT molecular complexity index is 636. The SMILES string of the molecule is CC(C)Oc1cc(OC(C)C)cc(-c2n[nH]nc2C(N)=O)c1. The lowest BCUT2D eigenvalue weighted by molar-refractivity contribution is 0.0996. The highest BCUT2D eigenvalue weighted by Gasteiger charge is 2.17. The summed E-state index contributed by atoms with van der Waals surface area (Å²) in [4.78, 5) is 11.4. The normalized spacial score (nSPS) is 11.0. The Hall–Kier alpha value is -2.57. The second kappa shape index (κ2) is 6.46. The van der Waals surface area contributed by atoms with Crippen LogP contribution in [0.15, 0.2) is 18.2 Å². The lowest BCUT2D eigenvalue weighted by Crippen LogP contribution is -2.13. The van der Waals surface area contributed by atoms with Gasteiger partial charge in [0.25, 0.3) is 5.91 Å². The lowest BCUT2D eigenvalue weighted by atomic mass is 10.1. The number of hydrogen-bond donors (Lipinski definition) is 2. The highest BCUT2D eigenvalue weighted by atomic mass is 16.5. The molecule has 118 valence electrons. The van der Waals surface area contributed by atoms with Crippen LogP contribution in [-0.4, -0.2) is 33.5 Å². The summed E-state index contributed by atoms with van der Waals surface area (Å²) in [5.74, 6) is 0.605. The fourth-order valence-electron chi connectivity index (χ4n) is 1.99. The van der Waals surface area contributed by atoms with Gasteiger partial charge in [0.05, 0.1) is 12.2 Å². The quantitative estimate of drug-likeness (QED) is 0.851. The zero-order valence-corrected chi connectivity index (χ0v) is 13.1. The van der Waals surface area contributed by atoms with Crippen LogP contribution in [0, 0.1) is 0 Å². The predicted octanol–water partition coefficient (Wildman–Crippen LogP) is 2.15. The Morgan fingerprint density at radius 1 is 1.05 bits per heavy atom. The van der Waals surface area contributed by atoms with E-state index in [2.05, 4.69) is 15.4 Å². The van der Waals surface area contributed by atoms with E-state index in [0.717, 1.165) is 0 Å². The second-order valence-corrected chi connectivity index (χ2v) is 5.41. The monoisotopic (exact) mass is 304 g/mol. The molecule has 0 aliphatic rings.